The van der Waals surface area contributed by atoms with Gasteiger partial charge in [0.2, 0.25) is 0 Å². The predicted molar refractivity (Wildman–Crippen MR) is 103 cm³/mol. The average molecular weight is 378 g/mol. The topological polar surface area (TPSA) is 80.5 Å². The number of nitrogens with zero attached hydrogens (tertiary/aromatic N) is 4. The number of carbonyl (C=O) groups is 1. The Morgan fingerprint density at radius 2 is 1.93 bits per heavy atom. The zero-order chi connectivity index (χ0) is 19.5. The van der Waals surface area contributed by atoms with Crippen LogP contribution in [0.4, 0.5) is 0 Å². The van der Waals surface area contributed by atoms with Crippen molar-refractivity contribution >= 4 is 5.91 Å². The van der Waals surface area contributed by atoms with Crippen molar-refractivity contribution in [3.63, 3.8) is 0 Å². The van der Waals surface area contributed by atoms with Crippen molar-refractivity contribution in [3.05, 3.63) is 72.1 Å². The number of benzene rings is 2. The molecule has 0 aliphatic carbocycles. The number of aromatic nitrogens is 3. The van der Waals surface area contributed by atoms with Gasteiger partial charge < -0.3 is 14.7 Å². The molecule has 1 fully saturated rings. The molecule has 2 aromatic carbocycles. The number of hydrogen-bond acceptors (Lipinski definition) is 5. The maximum atomic E-state index is 13.0. The molecule has 0 saturated carbocycles. The van der Waals surface area contributed by atoms with Gasteiger partial charge in [-0.25, -0.2) is 0 Å². The van der Waals surface area contributed by atoms with Crippen LogP contribution < -0.4 is 4.74 Å². The monoisotopic (exact) mass is 378 g/mol. The van der Waals surface area contributed by atoms with E-state index in [2.05, 4.69) is 10.2 Å². The Bertz CT molecular complexity index is 940. The summed E-state index contributed by atoms with van der Waals surface area (Å²) in [6, 6.07) is 16.4. The summed E-state index contributed by atoms with van der Waals surface area (Å²) in [6.07, 6.45) is 2.30. The molecule has 1 amide bonds. The lowest BCUT2D eigenvalue weighted by molar-refractivity contribution is 0.0481. The van der Waals surface area contributed by atoms with E-state index in [0.29, 0.717) is 6.54 Å². The Balaban J connectivity index is 1.52. The first-order valence-electron chi connectivity index (χ1n) is 9.28. The number of aliphatic hydroxyl groups is 1. The highest BCUT2D eigenvalue weighted by molar-refractivity contribution is 5.92. The van der Waals surface area contributed by atoms with E-state index in [1.807, 2.05) is 54.6 Å². The SMILES string of the molecule is COc1ccc([C@H](O)[C@@H]2CCCN2C(=O)c2cnn(-c3ccccc3)n2)cc1. The van der Waals surface area contributed by atoms with Gasteiger partial charge in [-0.05, 0) is 42.7 Å². The Morgan fingerprint density at radius 1 is 1.18 bits per heavy atom. The van der Waals surface area contributed by atoms with Gasteiger partial charge in [0.1, 0.15) is 5.75 Å². The average Bonchev–Trinajstić information content (AvgIpc) is 3.43. The fraction of sp³-hybridized carbons (Fsp3) is 0.286. The van der Waals surface area contributed by atoms with Gasteiger partial charge in [0.25, 0.3) is 5.91 Å². The number of methoxy groups -OCH3 is 1. The van der Waals surface area contributed by atoms with Crippen molar-refractivity contribution < 1.29 is 14.6 Å². The van der Waals surface area contributed by atoms with E-state index in [9.17, 15) is 9.90 Å². The Hall–Kier alpha value is -3.19. The third-order valence-corrected chi connectivity index (χ3v) is 5.08. The first-order valence-corrected chi connectivity index (χ1v) is 9.28. The number of ether oxygens (including phenoxy) is 1. The first kappa shape index (κ1) is 18.2. The lowest BCUT2D eigenvalue weighted by Crippen LogP contribution is -2.39. The lowest BCUT2D eigenvalue weighted by atomic mass is 10.00. The molecule has 0 spiro atoms. The summed E-state index contributed by atoms with van der Waals surface area (Å²) < 4.78 is 5.17. The van der Waals surface area contributed by atoms with Gasteiger partial charge in [-0.15, -0.1) is 5.10 Å². The number of carbonyl (C=O) groups excluding carboxylic acids is 1. The van der Waals surface area contributed by atoms with Gasteiger partial charge in [0, 0.05) is 6.54 Å². The summed E-state index contributed by atoms with van der Waals surface area (Å²) in [5.74, 6) is 0.519. The van der Waals surface area contributed by atoms with E-state index in [4.69, 9.17) is 4.74 Å². The van der Waals surface area contributed by atoms with Crippen molar-refractivity contribution in [3.8, 4) is 11.4 Å². The van der Waals surface area contributed by atoms with Crippen LogP contribution in [0.2, 0.25) is 0 Å². The standard InChI is InChI=1S/C21H22N4O3/c1-28-17-11-9-15(10-12-17)20(26)19-8-5-13-24(19)21(27)18-14-22-25(23-18)16-6-3-2-4-7-16/h2-4,6-7,9-12,14,19-20,26H,5,8,13H2,1H3/t19-,20-/m0/s1. The van der Waals surface area contributed by atoms with Crippen molar-refractivity contribution in [1.82, 2.24) is 19.9 Å². The number of aliphatic hydroxyl groups excluding tert-OH is 1. The van der Waals surface area contributed by atoms with Crippen LogP contribution in [0.5, 0.6) is 5.75 Å². The molecule has 28 heavy (non-hydrogen) atoms. The molecular weight excluding hydrogens is 356 g/mol. The van der Waals surface area contributed by atoms with Crippen LogP contribution in [0.3, 0.4) is 0 Å². The second-order valence-corrected chi connectivity index (χ2v) is 6.78. The number of likely N-dealkylation sites (tertiary alicyclic amines) is 1. The zero-order valence-corrected chi connectivity index (χ0v) is 15.6. The van der Waals surface area contributed by atoms with E-state index in [1.54, 1.807) is 12.0 Å². The minimum atomic E-state index is -0.762. The van der Waals surface area contributed by atoms with Gasteiger partial charge >= 0.3 is 0 Å². The maximum absolute atomic E-state index is 13.0. The van der Waals surface area contributed by atoms with Crippen LogP contribution in [-0.4, -0.2) is 50.6 Å². The molecular formula is C21H22N4O3. The van der Waals surface area contributed by atoms with Gasteiger partial charge in [-0.1, -0.05) is 30.3 Å². The van der Waals surface area contributed by atoms with Crippen LogP contribution in [-0.2, 0) is 0 Å². The summed E-state index contributed by atoms with van der Waals surface area (Å²) in [5.41, 5.74) is 1.83. The van der Waals surface area contributed by atoms with Crippen LogP contribution in [0.15, 0.2) is 60.8 Å². The van der Waals surface area contributed by atoms with E-state index in [-0.39, 0.29) is 17.6 Å². The highest BCUT2D eigenvalue weighted by Gasteiger charge is 2.36. The molecule has 1 N–H and O–H groups in total. The highest BCUT2D eigenvalue weighted by atomic mass is 16.5. The van der Waals surface area contributed by atoms with Crippen molar-refractivity contribution in [1.29, 1.82) is 0 Å². The molecule has 1 aliphatic rings. The summed E-state index contributed by atoms with van der Waals surface area (Å²) >= 11 is 0. The van der Waals surface area contributed by atoms with Crippen molar-refractivity contribution in [2.24, 2.45) is 0 Å². The molecule has 7 nitrogen and oxygen atoms in total. The Morgan fingerprint density at radius 3 is 2.64 bits per heavy atom. The highest BCUT2D eigenvalue weighted by Crippen LogP contribution is 2.31. The summed E-state index contributed by atoms with van der Waals surface area (Å²) in [6.45, 7) is 0.592. The van der Waals surface area contributed by atoms with E-state index < -0.39 is 6.10 Å². The van der Waals surface area contributed by atoms with Gasteiger partial charge in [0.15, 0.2) is 5.69 Å². The van der Waals surface area contributed by atoms with Crippen LogP contribution in [0.1, 0.15) is 35.0 Å². The second-order valence-electron chi connectivity index (χ2n) is 6.78. The molecule has 144 valence electrons. The quantitative estimate of drug-likeness (QED) is 0.738. The number of para-hydroxylation sites is 1. The van der Waals surface area contributed by atoms with Gasteiger partial charge in [-0.3, -0.25) is 4.79 Å². The normalized spacial score (nSPS) is 17.5. The van der Waals surface area contributed by atoms with Gasteiger partial charge in [0.05, 0.1) is 31.1 Å². The number of amides is 1. The van der Waals surface area contributed by atoms with Crippen molar-refractivity contribution in [2.75, 3.05) is 13.7 Å². The van der Waals surface area contributed by atoms with Crippen LogP contribution >= 0.6 is 0 Å². The fourth-order valence-corrected chi connectivity index (χ4v) is 3.59. The number of hydrogen-bond donors (Lipinski definition) is 1. The number of rotatable bonds is 5. The van der Waals surface area contributed by atoms with Crippen molar-refractivity contribution in [2.45, 2.75) is 25.0 Å². The molecule has 3 aromatic rings. The van der Waals surface area contributed by atoms with Crippen LogP contribution in [0, 0.1) is 0 Å². The Labute approximate surface area is 163 Å². The minimum Gasteiger partial charge on any atom is -0.497 e. The molecule has 7 heteroatoms. The fourth-order valence-electron chi connectivity index (χ4n) is 3.59. The van der Waals surface area contributed by atoms with Gasteiger partial charge in [-0.2, -0.15) is 9.90 Å². The smallest absolute Gasteiger partial charge is 0.276 e. The summed E-state index contributed by atoms with van der Waals surface area (Å²) in [5, 5.41) is 19.4. The van der Waals surface area contributed by atoms with E-state index in [0.717, 1.165) is 29.8 Å². The van der Waals surface area contributed by atoms with Crippen LogP contribution in [0.25, 0.3) is 5.69 Å². The molecule has 2 heterocycles. The largest absolute Gasteiger partial charge is 0.497 e. The molecule has 1 aromatic heterocycles. The van der Waals surface area contributed by atoms with E-state index in [1.165, 1.54) is 11.0 Å². The molecule has 1 aliphatic heterocycles. The van der Waals surface area contributed by atoms with E-state index >= 15 is 0 Å². The third kappa shape index (κ3) is 3.48. The molecule has 0 unspecified atom stereocenters. The molecule has 4 rings (SSSR count). The molecule has 0 bridgehead atoms. The Kier molecular flexibility index (Phi) is 5.08. The zero-order valence-electron chi connectivity index (χ0n) is 15.6. The summed E-state index contributed by atoms with van der Waals surface area (Å²) in [4.78, 5) is 16.2. The lowest BCUT2D eigenvalue weighted by Gasteiger charge is -2.28. The minimum absolute atomic E-state index is 0.211. The maximum Gasteiger partial charge on any atom is 0.276 e. The third-order valence-electron chi connectivity index (χ3n) is 5.08. The molecule has 0 radical (unpaired) electrons. The second kappa shape index (κ2) is 7.82. The molecule has 2 atom stereocenters. The predicted octanol–water partition coefficient (Wildman–Crippen LogP) is 2.61. The summed E-state index contributed by atoms with van der Waals surface area (Å²) in [7, 11) is 1.60. The molecule has 1 saturated heterocycles. The first-order chi connectivity index (χ1) is 13.7.